The Hall–Kier alpha value is -0.120. The van der Waals surface area contributed by atoms with Crippen LogP contribution in [0.3, 0.4) is 0 Å². The van der Waals surface area contributed by atoms with Gasteiger partial charge in [0.25, 0.3) is 0 Å². The molecule has 2 saturated heterocycles. The molecule has 0 radical (unpaired) electrons. The predicted octanol–water partition coefficient (Wildman–Crippen LogP) is 1.63. The van der Waals surface area contributed by atoms with E-state index >= 15 is 0 Å². The summed E-state index contributed by atoms with van der Waals surface area (Å²) in [5.74, 6) is 0. The highest BCUT2D eigenvalue weighted by Gasteiger charge is 2.21. The summed E-state index contributed by atoms with van der Waals surface area (Å²) < 4.78 is 5.53. The van der Waals surface area contributed by atoms with Crippen LogP contribution in [0.4, 0.5) is 0 Å². The van der Waals surface area contributed by atoms with Gasteiger partial charge in [0.05, 0.1) is 13.2 Å². The fraction of sp³-hybridized carbons (Fsp3) is 1.00. The van der Waals surface area contributed by atoms with Crippen LogP contribution in [-0.2, 0) is 4.74 Å². The molecule has 2 aliphatic heterocycles. The van der Waals surface area contributed by atoms with E-state index < -0.39 is 0 Å². The molecule has 3 heteroatoms. The third-order valence-corrected chi connectivity index (χ3v) is 3.98. The fourth-order valence-electron chi connectivity index (χ4n) is 2.90. The molecule has 2 atom stereocenters. The van der Waals surface area contributed by atoms with Crippen molar-refractivity contribution in [2.75, 3.05) is 32.8 Å². The van der Waals surface area contributed by atoms with Gasteiger partial charge in [-0.15, -0.1) is 0 Å². The Morgan fingerprint density at radius 2 is 2.38 bits per heavy atom. The van der Waals surface area contributed by atoms with Crippen LogP contribution in [0.5, 0.6) is 0 Å². The van der Waals surface area contributed by atoms with Crippen LogP contribution in [0.1, 0.15) is 39.0 Å². The van der Waals surface area contributed by atoms with Gasteiger partial charge in [0.1, 0.15) is 0 Å². The SMILES string of the molecule is CCC1COCCN1CCCC1CCCN1. The van der Waals surface area contributed by atoms with Gasteiger partial charge in [-0.05, 0) is 45.2 Å². The first-order valence-corrected chi connectivity index (χ1v) is 6.95. The highest BCUT2D eigenvalue weighted by Crippen LogP contribution is 2.14. The summed E-state index contributed by atoms with van der Waals surface area (Å²) in [5, 5.41) is 3.58. The smallest absolute Gasteiger partial charge is 0.0622 e. The highest BCUT2D eigenvalue weighted by atomic mass is 16.5. The molecule has 1 N–H and O–H groups in total. The summed E-state index contributed by atoms with van der Waals surface area (Å²) in [6.07, 6.45) is 6.68. The number of nitrogens with one attached hydrogen (secondary N) is 1. The largest absolute Gasteiger partial charge is 0.378 e. The summed E-state index contributed by atoms with van der Waals surface area (Å²) in [5.41, 5.74) is 0. The maximum atomic E-state index is 5.53. The van der Waals surface area contributed by atoms with Crippen LogP contribution in [0, 0.1) is 0 Å². The zero-order valence-corrected chi connectivity index (χ0v) is 10.6. The summed E-state index contributed by atoms with van der Waals surface area (Å²) in [7, 11) is 0. The number of rotatable bonds is 5. The predicted molar refractivity (Wildman–Crippen MR) is 66.7 cm³/mol. The number of ether oxygens (including phenoxy) is 1. The molecule has 0 aromatic rings. The second-order valence-corrected chi connectivity index (χ2v) is 5.11. The van der Waals surface area contributed by atoms with Crippen LogP contribution in [0.25, 0.3) is 0 Å². The topological polar surface area (TPSA) is 24.5 Å². The molecule has 3 nitrogen and oxygen atoms in total. The Morgan fingerprint density at radius 1 is 1.44 bits per heavy atom. The maximum absolute atomic E-state index is 5.53. The molecular weight excluding hydrogens is 200 g/mol. The van der Waals surface area contributed by atoms with E-state index in [4.69, 9.17) is 4.74 Å². The van der Waals surface area contributed by atoms with E-state index in [1.807, 2.05) is 0 Å². The van der Waals surface area contributed by atoms with Gasteiger partial charge in [-0.1, -0.05) is 6.92 Å². The lowest BCUT2D eigenvalue weighted by Crippen LogP contribution is -2.45. The molecule has 0 aliphatic carbocycles. The third kappa shape index (κ3) is 3.44. The molecule has 94 valence electrons. The van der Waals surface area contributed by atoms with Crippen molar-refractivity contribution in [2.45, 2.75) is 51.1 Å². The second kappa shape index (κ2) is 6.58. The highest BCUT2D eigenvalue weighted by molar-refractivity contribution is 4.77. The molecule has 0 aromatic carbocycles. The number of hydrogen-bond acceptors (Lipinski definition) is 3. The first-order valence-electron chi connectivity index (χ1n) is 6.95. The number of hydrogen-bond donors (Lipinski definition) is 1. The maximum Gasteiger partial charge on any atom is 0.0622 e. The minimum Gasteiger partial charge on any atom is -0.378 e. The second-order valence-electron chi connectivity index (χ2n) is 5.11. The van der Waals surface area contributed by atoms with Crippen LogP contribution < -0.4 is 5.32 Å². The standard InChI is InChI=1S/C13H26N2O/c1-2-13-11-16-10-9-15(13)8-4-6-12-5-3-7-14-12/h12-14H,2-11H2,1H3. The fourth-order valence-corrected chi connectivity index (χ4v) is 2.90. The molecule has 16 heavy (non-hydrogen) atoms. The van der Waals surface area contributed by atoms with Gasteiger partial charge in [0, 0.05) is 18.6 Å². The zero-order valence-electron chi connectivity index (χ0n) is 10.6. The van der Waals surface area contributed by atoms with Gasteiger partial charge in [-0.2, -0.15) is 0 Å². The van der Waals surface area contributed by atoms with Gasteiger partial charge >= 0.3 is 0 Å². The molecule has 0 spiro atoms. The van der Waals surface area contributed by atoms with Gasteiger partial charge in [0.15, 0.2) is 0 Å². The molecule has 0 aromatic heterocycles. The Kier molecular flexibility index (Phi) is 5.07. The lowest BCUT2D eigenvalue weighted by molar-refractivity contribution is -0.00933. The average molecular weight is 226 g/mol. The molecule has 2 aliphatic rings. The Balaban J connectivity index is 1.63. The molecule has 0 amide bonds. The van der Waals surface area contributed by atoms with Gasteiger partial charge in [0.2, 0.25) is 0 Å². The summed E-state index contributed by atoms with van der Waals surface area (Å²) in [6, 6.07) is 1.48. The normalized spacial score (nSPS) is 32.1. The third-order valence-electron chi connectivity index (χ3n) is 3.98. The van der Waals surface area contributed by atoms with E-state index in [0.29, 0.717) is 6.04 Å². The van der Waals surface area contributed by atoms with E-state index in [2.05, 4.69) is 17.1 Å². The summed E-state index contributed by atoms with van der Waals surface area (Å²) in [4.78, 5) is 2.62. The molecule has 2 heterocycles. The van der Waals surface area contributed by atoms with Crippen molar-refractivity contribution in [1.29, 1.82) is 0 Å². The van der Waals surface area contributed by atoms with Crippen LogP contribution >= 0.6 is 0 Å². The van der Waals surface area contributed by atoms with Crippen molar-refractivity contribution in [1.82, 2.24) is 10.2 Å². The van der Waals surface area contributed by atoms with Crippen LogP contribution in [-0.4, -0.2) is 49.8 Å². The minimum atomic E-state index is 0.672. The molecule has 2 fully saturated rings. The van der Waals surface area contributed by atoms with Gasteiger partial charge in [-0.3, -0.25) is 4.90 Å². The van der Waals surface area contributed by atoms with Gasteiger partial charge < -0.3 is 10.1 Å². The molecule has 0 saturated carbocycles. The number of morpholine rings is 1. The molecule has 2 rings (SSSR count). The van der Waals surface area contributed by atoms with Crippen molar-refractivity contribution in [3.63, 3.8) is 0 Å². The van der Waals surface area contributed by atoms with Crippen molar-refractivity contribution in [3.05, 3.63) is 0 Å². The van der Waals surface area contributed by atoms with E-state index in [1.165, 1.54) is 45.2 Å². The lowest BCUT2D eigenvalue weighted by Gasteiger charge is -2.35. The first kappa shape index (κ1) is 12.3. The average Bonchev–Trinajstić information content (AvgIpc) is 2.83. The van der Waals surface area contributed by atoms with E-state index in [-0.39, 0.29) is 0 Å². The Bertz CT molecular complexity index is 192. The molecule has 0 bridgehead atoms. The van der Waals surface area contributed by atoms with Crippen molar-refractivity contribution >= 4 is 0 Å². The van der Waals surface area contributed by atoms with Crippen molar-refractivity contribution in [3.8, 4) is 0 Å². The zero-order chi connectivity index (χ0) is 11.2. The lowest BCUT2D eigenvalue weighted by atomic mass is 10.1. The van der Waals surface area contributed by atoms with Gasteiger partial charge in [-0.25, -0.2) is 0 Å². The summed E-state index contributed by atoms with van der Waals surface area (Å²) in [6.45, 7) is 7.78. The Labute approximate surface area is 99.5 Å². The quantitative estimate of drug-likeness (QED) is 0.771. The van der Waals surface area contributed by atoms with E-state index in [9.17, 15) is 0 Å². The Morgan fingerprint density at radius 3 is 3.12 bits per heavy atom. The molecule has 2 unspecified atom stereocenters. The van der Waals surface area contributed by atoms with Crippen LogP contribution in [0.2, 0.25) is 0 Å². The monoisotopic (exact) mass is 226 g/mol. The minimum absolute atomic E-state index is 0.672. The van der Waals surface area contributed by atoms with Crippen molar-refractivity contribution in [2.24, 2.45) is 0 Å². The van der Waals surface area contributed by atoms with E-state index in [0.717, 1.165) is 25.8 Å². The summed E-state index contributed by atoms with van der Waals surface area (Å²) >= 11 is 0. The van der Waals surface area contributed by atoms with E-state index in [1.54, 1.807) is 0 Å². The van der Waals surface area contributed by atoms with Crippen LogP contribution in [0.15, 0.2) is 0 Å². The first-order chi connectivity index (χ1) is 7.90. The van der Waals surface area contributed by atoms with Crippen molar-refractivity contribution < 1.29 is 4.74 Å². The molecular formula is C13H26N2O. The number of nitrogens with zero attached hydrogens (tertiary/aromatic N) is 1.